The zero-order chi connectivity index (χ0) is 27.3. The molecule has 0 unspecified atom stereocenters. The number of hydrogen-bond donors (Lipinski definition) is 11. The van der Waals surface area contributed by atoms with Gasteiger partial charge in [-0.2, -0.15) is 12.6 Å². The fourth-order valence-corrected chi connectivity index (χ4v) is 3.18. The maximum Gasteiger partial charge on any atom is 0.133 e. The molecule has 6 atom stereocenters. The summed E-state index contributed by atoms with van der Waals surface area (Å²) in [6, 6.07) is 7.19. The van der Waals surface area contributed by atoms with Crippen LogP contribution in [-0.2, 0) is 5.75 Å². The summed E-state index contributed by atoms with van der Waals surface area (Å²) in [7, 11) is 0. The number of ether oxygens (including phenoxy) is 1. The van der Waals surface area contributed by atoms with Gasteiger partial charge in [-0.3, -0.25) is 4.90 Å². The van der Waals surface area contributed by atoms with E-state index in [1.807, 2.05) is 12.1 Å². The first-order chi connectivity index (χ1) is 17.0. The molecule has 13 heteroatoms. The van der Waals surface area contributed by atoms with E-state index in [-0.39, 0.29) is 26.2 Å². The summed E-state index contributed by atoms with van der Waals surface area (Å²) in [5.74, 6) is -0.210. The van der Waals surface area contributed by atoms with Gasteiger partial charge in [-0.15, -0.1) is 0 Å². The Kier molecular flexibility index (Phi) is 15.0. The lowest BCUT2D eigenvalue weighted by molar-refractivity contribution is -0.119. The minimum Gasteiger partial charge on any atom is -0.510 e. The minimum absolute atomic E-state index is 0.0928. The molecule has 0 heterocycles. The van der Waals surface area contributed by atoms with E-state index in [0.29, 0.717) is 11.5 Å². The standard InChI is InChI=1S/C23H37NO11S/c25-11-20(31)18(29)9-17(28)16(27)5-6-24(10-19(30)22(33)23(34)21(32)12-26)7-8-35-15-3-1-14(13-36)2-4-15/h1-5,9,17,19-23,25-34,36H,6-8,10-13H2/t17-,19+,20+,21+,22+,23+/m0/s1. The Morgan fingerprint density at radius 3 is 2.06 bits per heavy atom. The maximum atomic E-state index is 10.3. The van der Waals surface area contributed by atoms with Crippen molar-refractivity contribution in [2.45, 2.75) is 42.4 Å². The third kappa shape index (κ3) is 11.0. The van der Waals surface area contributed by atoms with Crippen LogP contribution in [-0.4, -0.2) is 132 Å². The number of thiol groups is 1. The highest BCUT2D eigenvalue weighted by molar-refractivity contribution is 7.79. The Labute approximate surface area is 214 Å². The quantitative estimate of drug-likeness (QED) is 0.0759. The van der Waals surface area contributed by atoms with Crippen LogP contribution >= 0.6 is 12.6 Å². The molecular weight excluding hydrogens is 498 g/mol. The predicted octanol–water partition coefficient (Wildman–Crippen LogP) is -2.17. The second-order valence-electron chi connectivity index (χ2n) is 8.07. The van der Waals surface area contributed by atoms with Gasteiger partial charge in [-0.1, -0.05) is 12.1 Å². The van der Waals surface area contributed by atoms with Crippen LogP contribution in [0.5, 0.6) is 5.75 Å². The third-order valence-corrected chi connectivity index (χ3v) is 5.62. The highest BCUT2D eigenvalue weighted by Crippen LogP contribution is 2.14. The molecule has 1 aromatic carbocycles. The van der Waals surface area contributed by atoms with Crippen molar-refractivity contribution in [3.63, 3.8) is 0 Å². The molecular formula is C23H37NO11S. The van der Waals surface area contributed by atoms with Gasteiger partial charge in [-0.25, -0.2) is 0 Å². The van der Waals surface area contributed by atoms with Gasteiger partial charge < -0.3 is 55.8 Å². The molecule has 0 amide bonds. The fraction of sp³-hybridized carbons (Fsp3) is 0.565. The lowest BCUT2D eigenvalue weighted by Crippen LogP contribution is -2.50. The monoisotopic (exact) mass is 535 g/mol. The van der Waals surface area contributed by atoms with E-state index in [1.54, 1.807) is 12.1 Å². The van der Waals surface area contributed by atoms with Crippen molar-refractivity contribution in [2.24, 2.45) is 0 Å². The zero-order valence-electron chi connectivity index (χ0n) is 19.7. The van der Waals surface area contributed by atoms with Crippen molar-refractivity contribution in [1.82, 2.24) is 4.90 Å². The van der Waals surface area contributed by atoms with Crippen molar-refractivity contribution in [3.05, 3.63) is 53.5 Å². The van der Waals surface area contributed by atoms with E-state index in [0.717, 1.165) is 17.7 Å². The molecule has 0 aromatic heterocycles. The largest absolute Gasteiger partial charge is 0.510 e. The van der Waals surface area contributed by atoms with Crippen molar-refractivity contribution in [3.8, 4) is 5.75 Å². The van der Waals surface area contributed by atoms with E-state index in [1.165, 1.54) is 4.90 Å². The topological polar surface area (TPSA) is 215 Å². The van der Waals surface area contributed by atoms with E-state index >= 15 is 0 Å². The molecule has 12 nitrogen and oxygen atoms in total. The van der Waals surface area contributed by atoms with Crippen LogP contribution in [0.3, 0.4) is 0 Å². The smallest absolute Gasteiger partial charge is 0.133 e. The Balaban J connectivity index is 2.88. The van der Waals surface area contributed by atoms with E-state index in [4.69, 9.17) is 14.9 Å². The lowest BCUT2D eigenvalue weighted by atomic mass is 10.0. The maximum absolute atomic E-state index is 10.3. The second kappa shape index (κ2) is 16.8. The summed E-state index contributed by atoms with van der Waals surface area (Å²) in [6.45, 7) is -1.70. The normalized spacial score (nSPS) is 17.9. The number of benzene rings is 1. The Bertz CT molecular complexity index is 808. The average molecular weight is 536 g/mol. The summed E-state index contributed by atoms with van der Waals surface area (Å²) >= 11 is 4.19. The molecule has 0 saturated heterocycles. The van der Waals surface area contributed by atoms with Gasteiger partial charge in [0.15, 0.2) is 0 Å². The number of aliphatic hydroxyl groups is 10. The van der Waals surface area contributed by atoms with Crippen LogP contribution in [0, 0.1) is 0 Å². The molecule has 0 radical (unpaired) electrons. The fourth-order valence-electron chi connectivity index (χ4n) is 2.97. The van der Waals surface area contributed by atoms with Crippen molar-refractivity contribution in [1.29, 1.82) is 0 Å². The molecule has 0 spiro atoms. The third-order valence-electron chi connectivity index (χ3n) is 5.26. The highest BCUT2D eigenvalue weighted by Gasteiger charge is 2.31. The molecule has 0 aliphatic heterocycles. The minimum atomic E-state index is -1.81. The van der Waals surface area contributed by atoms with Crippen LogP contribution < -0.4 is 4.74 Å². The number of aliphatic hydroxyl groups excluding tert-OH is 10. The molecule has 0 aliphatic rings. The molecule has 0 bridgehead atoms. The molecule has 0 fully saturated rings. The summed E-state index contributed by atoms with van der Waals surface area (Å²) in [5, 5.41) is 96.5. The Hall–Kier alpha value is -1.91. The summed E-state index contributed by atoms with van der Waals surface area (Å²) < 4.78 is 5.67. The molecule has 36 heavy (non-hydrogen) atoms. The van der Waals surface area contributed by atoms with Crippen LogP contribution in [0.4, 0.5) is 0 Å². The first-order valence-electron chi connectivity index (χ1n) is 11.2. The van der Waals surface area contributed by atoms with Gasteiger partial charge in [0.05, 0.1) is 19.3 Å². The number of nitrogens with zero attached hydrogens (tertiary/aromatic N) is 1. The van der Waals surface area contributed by atoms with Crippen LogP contribution in [0.1, 0.15) is 5.56 Å². The predicted molar refractivity (Wildman–Crippen MR) is 133 cm³/mol. The highest BCUT2D eigenvalue weighted by atomic mass is 32.1. The van der Waals surface area contributed by atoms with Crippen molar-refractivity contribution < 1.29 is 55.8 Å². The average Bonchev–Trinajstić information content (AvgIpc) is 2.89. The molecule has 10 N–H and O–H groups in total. The number of hydrogen-bond acceptors (Lipinski definition) is 13. The lowest BCUT2D eigenvalue weighted by Gasteiger charge is -2.30. The van der Waals surface area contributed by atoms with Gasteiger partial charge in [0.2, 0.25) is 0 Å². The van der Waals surface area contributed by atoms with Gasteiger partial charge in [0.25, 0.3) is 0 Å². The van der Waals surface area contributed by atoms with E-state index < -0.39 is 61.4 Å². The first kappa shape index (κ1) is 32.1. The summed E-state index contributed by atoms with van der Waals surface area (Å²) in [4.78, 5) is 1.50. The second-order valence-corrected chi connectivity index (χ2v) is 8.39. The van der Waals surface area contributed by atoms with Crippen molar-refractivity contribution >= 4 is 12.6 Å². The SMILES string of the molecule is OC[C@@H](O)C(O)=C[C@H](O)C(O)=CCN(CCOc1ccc(CS)cc1)C[C@@H](O)[C@@H](O)[C@H](O)[C@H](O)CO. The van der Waals surface area contributed by atoms with Crippen LogP contribution in [0.25, 0.3) is 0 Å². The number of rotatable bonds is 17. The molecule has 1 aromatic rings. The summed E-state index contributed by atoms with van der Waals surface area (Å²) in [6.07, 6.45) is -8.29. The molecule has 206 valence electrons. The Morgan fingerprint density at radius 2 is 1.50 bits per heavy atom. The molecule has 0 saturated carbocycles. The zero-order valence-corrected chi connectivity index (χ0v) is 20.5. The Morgan fingerprint density at radius 1 is 0.889 bits per heavy atom. The first-order valence-corrected chi connectivity index (χ1v) is 11.8. The van der Waals surface area contributed by atoms with Gasteiger partial charge >= 0.3 is 0 Å². The van der Waals surface area contributed by atoms with Crippen molar-refractivity contribution in [2.75, 3.05) is 39.5 Å². The molecule has 1 rings (SSSR count). The molecule has 0 aliphatic carbocycles. The summed E-state index contributed by atoms with van der Waals surface area (Å²) in [5.41, 5.74) is 0.999. The van der Waals surface area contributed by atoms with Crippen LogP contribution in [0.15, 0.2) is 47.9 Å². The van der Waals surface area contributed by atoms with Gasteiger partial charge in [0, 0.05) is 25.4 Å². The van der Waals surface area contributed by atoms with E-state index in [2.05, 4.69) is 12.6 Å². The van der Waals surface area contributed by atoms with Gasteiger partial charge in [-0.05, 0) is 29.8 Å². The van der Waals surface area contributed by atoms with Crippen LogP contribution in [0.2, 0.25) is 0 Å². The van der Waals surface area contributed by atoms with Gasteiger partial charge in [0.1, 0.15) is 54.4 Å². The van der Waals surface area contributed by atoms with E-state index in [9.17, 15) is 40.9 Å².